The number of rotatable bonds is 4. The van der Waals surface area contributed by atoms with Crippen molar-refractivity contribution in [1.29, 1.82) is 0 Å². The second-order valence-corrected chi connectivity index (χ2v) is 8.17. The van der Waals surface area contributed by atoms with Crippen molar-refractivity contribution in [1.82, 2.24) is 9.62 Å². The molecule has 0 spiro atoms. The molecule has 20 heavy (non-hydrogen) atoms. The van der Waals surface area contributed by atoms with Crippen LogP contribution in [0.1, 0.15) is 25.3 Å². The molecule has 0 aliphatic carbocycles. The van der Waals surface area contributed by atoms with Crippen molar-refractivity contribution in [3.05, 3.63) is 28.2 Å². The SMILES string of the molecule is CNCc1ccc(S(=O)(=O)N2CCCC(C)C2)c(Br)c1. The monoisotopic (exact) mass is 360 g/mol. The molecule has 1 aliphatic heterocycles. The van der Waals surface area contributed by atoms with Gasteiger partial charge in [-0.1, -0.05) is 13.0 Å². The van der Waals surface area contributed by atoms with Gasteiger partial charge in [-0.15, -0.1) is 0 Å². The number of halogens is 1. The maximum absolute atomic E-state index is 12.7. The zero-order valence-electron chi connectivity index (χ0n) is 11.9. The Morgan fingerprint density at radius 2 is 2.20 bits per heavy atom. The summed E-state index contributed by atoms with van der Waals surface area (Å²) >= 11 is 3.40. The van der Waals surface area contributed by atoms with Crippen LogP contribution in [0.5, 0.6) is 0 Å². The normalized spacial score (nSPS) is 21.1. The molecule has 1 aromatic carbocycles. The van der Waals surface area contributed by atoms with Crippen molar-refractivity contribution in [3.8, 4) is 0 Å². The predicted molar refractivity (Wildman–Crippen MR) is 84.1 cm³/mol. The van der Waals surface area contributed by atoms with Crippen molar-refractivity contribution < 1.29 is 8.42 Å². The number of piperidine rings is 1. The molecule has 1 heterocycles. The van der Waals surface area contributed by atoms with E-state index in [1.54, 1.807) is 10.4 Å². The lowest BCUT2D eigenvalue weighted by Crippen LogP contribution is -2.39. The summed E-state index contributed by atoms with van der Waals surface area (Å²) in [5.74, 6) is 0.431. The lowest BCUT2D eigenvalue weighted by molar-refractivity contribution is 0.281. The minimum atomic E-state index is -3.39. The fraction of sp³-hybridized carbons (Fsp3) is 0.571. The molecule has 2 rings (SSSR count). The average Bonchev–Trinajstić information content (AvgIpc) is 2.39. The van der Waals surface area contributed by atoms with Crippen LogP contribution >= 0.6 is 15.9 Å². The van der Waals surface area contributed by atoms with Crippen LogP contribution in [0.4, 0.5) is 0 Å². The molecule has 1 saturated heterocycles. The van der Waals surface area contributed by atoms with Crippen molar-refractivity contribution in [2.45, 2.75) is 31.2 Å². The number of hydrogen-bond donors (Lipinski definition) is 1. The summed E-state index contributed by atoms with van der Waals surface area (Å²) in [6, 6.07) is 5.43. The Hall–Kier alpha value is -0.430. The van der Waals surface area contributed by atoms with Gasteiger partial charge < -0.3 is 5.32 Å². The standard InChI is InChI=1S/C14H21BrN2O2S/c1-11-4-3-7-17(10-11)20(18,19)14-6-5-12(9-16-2)8-13(14)15/h5-6,8,11,16H,3-4,7,9-10H2,1-2H3. The van der Waals surface area contributed by atoms with Gasteiger partial charge in [0.1, 0.15) is 0 Å². The second kappa shape index (κ2) is 6.56. The summed E-state index contributed by atoms with van der Waals surface area (Å²) in [5.41, 5.74) is 1.06. The van der Waals surface area contributed by atoms with E-state index < -0.39 is 10.0 Å². The molecule has 1 aromatic rings. The summed E-state index contributed by atoms with van der Waals surface area (Å²) in [4.78, 5) is 0.367. The Morgan fingerprint density at radius 1 is 1.45 bits per heavy atom. The fourth-order valence-corrected chi connectivity index (χ4v) is 5.25. The summed E-state index contributed by atoms with van der Waals surface area (Å²) in [5, 5.41) is 3.06. The first-order valence-corrected chi connectivity index (χ1v) is 9.11. The lowest BCUT2D eigenvalue weighted by atomic mass is 10.0. The van der Waals surface area contributed by atoms with E-state index >= 15 is 0 Å². The maximum Gasteiger partial charge on any atom is 0.244 e. The van der Waals surface area contributed by atoms with Gasteiger partial charge in [0.25, 0.3) is 0 Å². The van der Waals surface area contributed by atoms with E-state index in [0.29, 0.717) is 28.4 Å². The van der Waals surface area contributed by atoms with E-state index in [9.17, 15) is 8.42 Å². The number of nitrogens with zero attached hydrogens (tertiary/aromatic N) is 1. The summed E-state index contributed by atoms with van der Waals surface area (Å²) in [6.45, 7) is 4.07. The van der Waals surface area contributed by atoms with Crippen molar-refractivity contribution in [3.63, 3.8) is 0 Å². The molecule has 1 unspecified atom stereocenters. The molecule has 0 aromatic heterocycles. The molecule has 1 aliphatic rings. The topological polar surface area (TPSA) is 49.4 Å². The third-order valence-electron chi connectivity index (χ3n) is 3.61. The van der Waals surface area contributed by atoms with Gasteiger partial charge in [-0.3, -0.25) is 0 Å². The highest BCUT2D eigenvalue weighted by Crippen LogP contribution is 2.29. The Kier molecular flexibility index (Phi) is 5.23. The predicted octanol–water partition coefficient (Wildman–Crippen LogP) is 2.59. The number of nitrogens with one attached hydrogen (secondary N) is 1. The zero-order valence-corrected chi connectivity index (χ0v) is 14.3. The van der Waals surface area contributed by atoms with Crippen LogP contribution in [0, 0.1) is 5.92 Å². The van der Waals surface area contributed by atoms with Gasteiger partial charge in [-0.05, 0) is 59.4 Å². The molecule has 112 valence electrons. The first kappa shape index (κ1) is 15.9. The summed E-state index contributed by atoms with van der Waals surface area (Å²) in [7, 11) is -1.52. The molecular formula is C14H21BrN2O2S. The minimum absolute atomic E-state index is 0.367. The van der Waals surface area contributed by atoms with Gasteiger partial charge in [0.2, 0.25) is 10.0 Å². The lowest BCUT2D eigenvalue weighted by Gasteiger charge is -2.30. The molecule has 0 radical (unpaired) electrons. The Labute approximate surface area is 129 Å². The fourth-order valence-electron chi connectivity index (χ4n) is 2.57. The van der Waals surface area contributed by atoms with E-state index in [-0.39, 0.29) is 0 Å². The molecule has 1 fully saturated rings. The van der Waals surface area contributed by atoms with Gasteiger partial charge >= 0.3 is 0 Å². The molecule has 4 nitrogen and oxygen atoms in total. The average molecular weight is 361 g/mol. The summed E-state index contributed by atoms with van der Waals surface area (Å²) < 4.78 is 27.7. The molecule has 0 bridgehead atoms. The van der Waals surface area contributed by atoms with Gasteiger partial charge in [0.15, 0.2) is 0 Å². The third kappa shape index (κ3) is 3.42. The highest BCUT2D eigenvalue weighted by Gasteiger charge is 2.30. The highest BCUT2D eigenvalue weighted by molar-refractivity contribution is 9.10. The quantitative estimate of drug-likeness (QED) is 0.897. The molecule has 1 atom stereocenters. The molecule has 0 saturated carbocycles. The Balaban J connectivity index is 2.29. The van der Waals surface area contributed by atoms with Crippen LogP contribution in [-0.4, -0.2) is 32.9 Å². The first-order chi connectivity index (χ1) is 9.45. The molecule has 6 heteroatoms. The maximum atomic E-state index is 12.7. The van der Waals surface area contributed by atoms with Crippen LogP contribution in [0.25, 0.3) is 0 Å². The number of benzene rings is 1. The van der Waals surface area contributed by atoms with E-state index in [1.165, 1.54) is 0 Å². The van der Waals surface area contributed by atoms with Gasteiger partial charge in [0.05, 0.1) is 4.90 Å². The number of hydrogen-bond acceptors (Lipinski definition) is 3. The van der Waals surface area contributed by atoms with Crippen LogP contribution in [0.2, 0.25) is 0 Å². The zero-order chi connectivity index (χ0) is 14.8. The van der Waals surface area contributed by atoms with Gasteiger partial charge in [0, 0.05) is 24.1 Å². The second-order valence-electron chi connectivity index (χ2n) is 5.41. The van der Waals surface area contributed by atoms with Crippen LogP contribution in [-0.2, 0) is 16.6 Å². The largest absolute Gasteiger partial charge is 0.316 e. The highest BCUT2D eigenvalue weighted by atomic mass is 79.9. The van der Waals surface area contributed by atoms with Crippen LogP contribution in [0.3, 0.4) is 0 Å². The summed E-state index contributed by atoms with van der Waals surface area (Å²) in [6.07, 6.45) is 2.05. The van der Waals surface area contributed by atoms with E-state index in [4.69, 9.17) is 0 Å². The Morgan fingerprint density at radius 3 is 2.80 bits per heavy atom. The molecule has 1 N–H and O–H groups in total. The smallest absolute Gasteiger partial charge is 0.244 e. The van der Waals surface area contributed by atoms with E-state index in [0.717, 1.165) is 24.9 Å². The third-order valence-corrected chi connectivity index (χ3v) is 6.46. The van der Waals surface area contributed by atoms with Crippen molar-refractivity contribution in [2.75, 3.05) is 20.1 Å². The van der Waals surface area contributed by atoms with Gasteiger partial charge in [-0.2, -0.15) is 4.31 Å². The number of sulfonamides is 1. The van der Waals surface area contributed by atoms with Crippen molar-refractivity contribution in [2.24, 2.45) is 5.92 Å². The molecule has 0 amide bonds. The van der Waals surface area contributed by atoms with E-state index in [2.05, 4.69) is 28.2 Å². The molecular weight excluding hydrogens is 340 g/mol. The van der Waals surface area contributed by atoms with Gasteiger partial charge in [-0.25, -0.2) is 8.42 Å². The first-order valence-electron chi connectivity index (χ1n) is 6.88. The van der Waals surface area contributed by atoms with Crippen LogP contribution < -0.4 is 5.32 Å². The Bertz CT molecular complexity index is 575. The van der Waals surface area contributed by atoms with E-state index in [1.807, 2.05) is 19.2 Å². The van der Waals surface area contributed by atoms with Crippen LogP contribution in [0.15, 0.2) is 27.6 Å². The van der Waals surface area contributed by atoms with Crippen molar-refractivity contribution >= 4 is 26.0 Å². The minimum Gasteiger partial charge on any atom is -0.316 e.